The van der Waals surface area contributed by atoms with Crippen molar-refractivity contribution in [3.8, 4) is 5.75 Å². The maximum Gasteiger partial charge on any atom is 0.339 e. The van der Waals surface area contributed by atoms with E-state index in [1.807, 2.05) is 0 Å². The summed E-state index contributed by atoms with van der Waals surface area (Å²) in [4.78, 5) is 14.8. The van der Waals surface area contributed by atoms with E-state index in [-0.39, 0.29) is 0 Å². The van der Waals surface area contributed by atoms with Crippen LogP contribution in [0.2, 0.25) is 0 Å². The predicted octanol–water partition coefficient (Wildman–Crippen LogP) is 4.04. The van der Waals surface area contributed by atoms with E-state index in [1.165, 1.54) is 41.6 Å². The van der Waals surface area contributed by atoms with Gasteiger partial charge in [-0.25, -0.2) is 4.79 Å². The molecule has 1 heterocycles. The van der Waals surface area contributed by atoms with Crippen molar-refractivity contribution in [2.24, 2.45) is 0 Å². The Labute approximate surface area is 186 Å². The lowest BCUT2D eigenvalue weighted by Crippen LogP contribution is -2.04. The quantitative estimate of drug-likeness (QED) is 0.332. The average molecular weight is 459 g/mol. The van der Waals surface area contributed by atoms with Gasteiger partial charge in [0.05, 0.1) is 10.4 Å². The van der Waals surface area contributed by atoms with Gasteiger partial charge in [-0.3, -0.25) is 9.54 Å². The van der Waals surface area contributed by atoms with Gasteiger partial charge in [-0.2, -0.15) is 8.42 Å². The van der Waals surface area contributed by atoms with Gasteiger partial charge in [0.25, 0.3) is 10.1 Å². The summed E-state index contributed by atoms with van der Waals surface area (Å²) in [5.74, 6) is -2.04. The number of carboxylic acids is 1. The molecule has 5 N–H and O–H groups in total. The Morgan fingerprint density at radius 2 is 1.75 bits per heavy atom. The first-order valence-electron chi connectivity index (χ1n) is 10.2. The van der Waals surface area contributed by atoms with Crippen molar-refractivity contribution in [3.05, 3.63) is 58.3 Å². The Bertz CT molecular complexity index is 1300. The predicted molar refractivity (Wildman–Crippen MR) is 122 cm³/mol. The van der Waals surface area contributed by atoms with Gasteiger partial charge in [-0.1, -0.05) is 18.1 Å². The number of pyridine rings is 1. The summed E-state index contributed by atoms with van der Waals surface area (Å²) in [7, 11) is -4.45. The van der Waals surface area contributed by atoms with Crippen molar-refractivity contribution in [1.29, 1.82) is 0 Å². The zero-order valence-electron chi connectivity index (χ0n) is 17.9. The number of fused-ring (bicyclic) bond motifs is 2. The molecule has 0 radical (unpaired) electrons. The van der Waals surface area contributed by atoms with Gasteiger partial charge in [-0.05, 0) is 74.9 Å². The number of phenols is 1. The Kier molecular flexibility index (Phi) is 6.71. The number of aromatic carboxylic acids is 1. The number of nitrogens with zero attached hydrogens (tertiary/aromatic N) is 1. The minimum Gasteiger partial charge on any atom is -0.507 e. The molecule has 3 aromatic rings. The van der Waals surface area contributed by atoms with Gasteiger partial charge in [0, 0.05) is 16.8 Å². The van der Waals surface area contributed by atoms with Crippen LogP contribution >= 0.6 is 0 Å². The van der Waals surface area contributed by atoms with E-state index >= 15 is 0 Å². The fraction of sp³-hybridized carbons (Fsp3) is 0.304. The minimum atomic E-state index is -4.45. The molecule has 0 aliphatic heterocycles. The molecule has 170 valence electrons. The first-order chi connectivity index (χ1) is 15.0. The number of anilines is 1. The van der Waals surface area contributed by atoms with Crippen LogP contribution in [0.1, 0.15) is 52.0 Å². The van der Waals surface area contributed by atoms with Crippen molar-refractivity contribution >= 4 is 32.7 Å². The third-order valence-corrected chi connectivity index (χ3v) is 6.34. The average Bonchev–Trinajstić information content (AvgIpc) is 2.94. The summed E-state index contributed by atoms with van der Waals surface area (Å²) in [6.45, 7) is 4.25. The Morgan fingerprint density at radius 1 is 1.06 bits per heavy atom. The highest BCUT2D eigenvalue weighted by Gasteiger charge is 2.17. The van der Waals surface area contributed by atoms with E-state index in [0.29, 0.717) is 6.07 Å². The second-order valence-electron chi connectivity index (χ2n) is 7.95. The van der Waals surface area contributed by atoms with Crippen LogP contribution < -0.4 is 5.73 Å². The fourth-order valence-electron chi connectivity index (χ4n) is 3.94. The van der Waals surface area contributed by atoms with Gasteiger partial charge in [0.1, 0.15) is 11.3 Å². The first kappa shape index (κ1) is 23.5. The highest BCUT2D eigenvalue weighted by atomic mass is 32.2. The minimum absolute atomic E-state index is 0.565. The molecule has 0 fully saturated rings. The van der Waals surface area contributed by atoms with Crippen LogP contribution in [0.5, 0.6) is 5.75 Å². The van der Waals surface area contributed by atoms with E-state index in [4.69, 9.17) is 25.5 Å². The van der Waals surface area contributed by atoms with Crippen molar-refractivity contribution in [2.45, 2.75) is 50.8 Å². The van der Waals surface area contributed by atoms with Crippen LogP contribution in [0.25, 0.3) is 10.9 Å². The molecule has 0 amide bonds. The van der Waals surface area contributed by atoms with Crippen molar-refractivity contribution in [2.75, 3.05) is 5.73 Å². The molecule has 8 nitrogen and oxygen atoms in total. The van der Waals surface area contributed by atoms with E-state index < -0.39 is 32.3 Å². The maximum absolute atomic E-state index is 10.6. The molecular weight excluding hydrogens is 432 g/mol. The molecule has 0 atom stereocenters. The molecular formula is C23H26N2O6S. The number of nitrogens with two attached hydrogens (primary N) is 1. The monoisotopic (exact) mass is 458 g/mol. The lowest BCUT2D eigenvalue weighted by atomic mass is 9.99. The number of aromatic nitrogens is 1. The van der Waals surface area contributed by atoms with Gasteiger partial charge in [0.15, 0.2) is 0 Å². The van der Waals surface area contributed by atoms with E-state index in [9.17, 15) is 13.2 Å². The first-order valence-corrected chi connectivity index (χ1v) is 11.6. The summed E-state index contributed by atoms with van der Waals surface area (Å²) < 4.78 is 29.8. The molecule has 32 heavy (non-hydrogen) atoms. The molecule has 0 saturated heterocycles. The van der Waals surface area contributed by atoms with Gasteiger partial charge in [0.2, 0.25) is 0 Å². The number of aromatic hydroxyl groups is 1. The summed E-state index contributed by atoms with van der Waals surface area (Å²) in [5.41, 5.74) is 13.0. The molecule has 4 rings (SSSR count). The van der Waals surface area contributed by atoms with Crippen molar-refractivity contribution in [3.63, 3.8) is 0 Å². The Morgan fingerprint density at radius 3 is 2.41 bits per heavy atom. The topological polar surface area (TPSA) is 151 Å². The highest BCUT2D eigenvalue weighted by molar-refractivity contribution is 7.85. The zero-order chi connectivity index (χ0) is 23.6. The molecule has 2 aromatic carbocycles. The van der Waals surface area contributed by atoms with Gasteiger partial charge < -0.3 is 15.9 Å². The molecule has 0 saturated carbocycles. The van der Waals surface area contributed by atoms with Gasteiger partial charge in [-0.15, -0.1) is 0 Å². The molecule has 1 aliphatic rings. The summed E-state index contributed by atoms with van der Waals surface area (Å²) in [6.07, 6.45) is 5.97. The fourth-order valence-corrected chi connectivity index (χ4v) is 4.44. The zero-order valence-corrected chi connectivity index (χ0v) is 18.7. The molecule has 0 spiro atoms. The molecule has 0 unspecified atom stereocenters. The number of hydrogen-bond acceptors (Lipinski definition) is 6. The number of hydrogen-bond donors (Lipinski definition) is 4. The lowest BCUT2D eigenvalue weighted by Gasteiger charge is -2.14. The van der Waals surface area contributed by atoms with Crippen LogP contribution in [0.3, 0.4) is 0 Å². The van der Waals surface area contributed by atoms with Crippen LogP contribution in [0.15, 0.2) is 35.2 Å². The number of aryl methyl sites for hydroxylation is 3. The van der Waals surface area contributed by atoms with Crippen molar-refractivity contribution < 1.29 is 28.0 Å². The summed E-state index contributed by atoms with van der Waals surface area (Å²) in [5, 5.41) is 18.7. The van der Waals surface area contributed by atoms with Crippen molar-refractivity contribution in [1.82, 2.24) is 4.98 Å². The molecule has 1 aliphatic carbocycles. The third kappa shape index (κ3) is 5.00. The molecule has 9 heteroatoms. The van der Waals surface area contributed by atoms with Gasteiger partial charge >= 0.3 is 5.97 Å². The summed E-state index contributed by atoms with van der Waals surface area (Å²) >= 11 is 0. The normalized spacial score (nSPS) is 13.6. The van der Waals surface area contributed by atoms with Crippen LogP contribution in [0.4, 0.5) is 5.69 Å². The number of benzene rings is 2. The van der Waals surface area contributed by atoms with E-state index in [1.54, 1.807) is 0 Å². The largest absolute Gasteiger partial charge is 0.507 e. The Hall–Kier alpha value is -3.17. The molecule has 1 aromatic heterocycles. The SMILES string of the molecule is Cc1cc(C)c2nc3c(c(N)c2c1)CCCCC3.O=C(O)c1cc(S(=O)(=O)O)ccc1O. The van der Waals surface area contributed by atoms with Crippen LogP contribution in [0, 0.1) is 13.8 Å². The molecule has 0 bridgehead atoms. The lowest BCUT2D eigenvalue weighted by molar-refractivity contribution is 0.0693. The van der Waals surface area contributed by atoms with E-state index in [2.05, 4.69) is 26.0 Å². The number of nitrogen functional groups attached to an aromatic ring is 1. The second-order valence-corrected chi connectivity index (χ2v) is 9.37. The van der Waals surface area contributed by atoms with Crippen LogP contribution in [-0.2, 0) is 23.0 Å². The van der Waals surface area contributed by atoms with Crippen LogP contribution in [-0.4, -0.2) is 34.1 Å². The van der Waals surface area contributed by atoms with E-state index in [0.717, 1.165) is 41.6 Å². The summed E-state index contributed by atoms with van der Waals surface area (Å²) in [6, 6.07) is 6.82. The highest BCUT2D eigenvalue weighted by Crippen LogP contribution is 2.32. The number of rotatable bonds is 2. The number of carbonyl (C=O) groups is 1. The third-order valence-electron chi connectivity index (χ3n) is 5.49. The smallest absolute Gasteiger partial charge is 0.339 e. The maximum atomic E-state index is 10.6. The standard InChI is InChI=1S/C16H20N2.C7H6O6S/c1-10-8-11(2)16-13(9-10)15(17)12-6-4-3-5-7-14(12)18-16;8-6-2-1-4(14(11,12)13)3-5(6)7(9)10/h8-9H,3-7H2,1-2H3,(H2,17,18);1-3,8H,(H,9,10)(H,11,12,13). The second kappa shape index (κ2) is 9.13. The number of carboxylic acid groups (broad SMARTS) is 1. The Balaban J connectivity index is 0.000000188.